The van der Waals surface area contributed by atoms with Crippen LogP contribution >= 0.6 is 11.6 Å². The first-order valence-electron chi connectivity index (χ1n) is 35.1. The van der Waals surface area contributed by atoms with Crippen molar-refractivity contribution in [2.75, 3.05) is 157 Å². The van der Waals surface area contributed by atoms with Crippen LogP contribution in [0.25, 0.3) is 11.1 Å². The van der Waals surface area contributed by atoms with E-state index in [1.807, 2.05) is 53.4 Å². The van der Waals surface area contributed by atoms with E-state index < -0.39 is 23.6 Å². The number of rotatable bonds is 46. The molecule has 0 unspecified atom stereocenters. The largest absolute Gasteiger partial charge is 0.388 e. The van der Waals surface area contributed by atoms with Crippen LogP contribution in [0, 0.1) is 5.41 Å². The molecule has 8 amide bonds. The summed E-state index contributed by atoms with van der Waals surface area (Å²) in [5.74, 6) is -2.89. The van der Waals surface area contributed by atoms with E-state index in [2.05, 4.69) is 65.5 Å². The molecule has 0 radical (unpaired) electrons. The molecule has 0 saturated carbocycles. The molecule has 7 aromatic rings. The fourth-order valence-electron chi connectivity index (χ4n) is 11.3. The lowest BCUT2D eigenvalue weighted by Gasteiger charge is -2.39. The van der Waals surface area contributed by atoms with Gasteiger partial charge in [0.1, 0.15) is 11.4 Å². The number of nitrogens with two attached hydrogens (primary N) is 1. The van der Waals surface area contributed by atoms with Gasteiger partial charge in [-0.25, -0.2) is 9.97 Å². The normalized spacial score (nSPS) is 13.2. The zero-order valence-electron chi connectivity index (χ0n) is 61.1. The Bertz CT molecular complexity index is 4120. The third kappa shape index (κ3) is 26.6. The standard InChI is InChI=1S/C73H96ClN17O16/c1-48-40-58(80-54-17-15-53(74)16-18-54)57-41-52(14-19-59(57)91(48)49(2)92)50-10-12-51(13-11-50)69(95)78-22-24-100-26-28-102-30-32-104-34-36-106-38-39-107-37-35-105-33-31-103-29-27-101-25-23-79-71(97)61-43-56(45-88(61)4)82-73(99)68-86-64(47-90(68)6)84-66(94)20-21-77-70(96)60-42-55(44-87(60)3)81-72(98)67-85-63(46-89(67)5)83-65(93)9-7-8-62(75)76/h10-19,41-48,58,80H,7-9,20-40H2,1-6H3,(H3,75,76)(H,77,96)(H,78,95)(H,79,97)(H,81,98)(H,82,99)(H,83,93)(H,84,94)/t48-,58+/m0/s1. The van der Waals surface area contributed by atoms with Crippen LogP contribution < -0.4 is 53.2 Å². The third-order valence-electron chi connectivity index (χ3n) is 16.5. The molecule has 4 aromatic heterocycles. The summed E-state index contributed by atoms with van der Waals surface area (Å²) < 4.78 is 50.5. The van der Waals surface area contributed by atoms with Crippen molar-refractivity contribution in [1.82, 2.24) is 44.2 Å². The number of hydrogen-bond donors (Lipinski definition) is 10. The summed E-state index contributed by atoms with van der Waals surface area (Å²) in [6.07, 6.45) is 7.44. The number of carbonyl (C=O) groups excluding carboxylic acids is 8. The van der Waals surface area contributed by atoms with Gasteiger partial charge in [-0.2, -0.15) is 0 Å². The van der Waals surface area contributed by atoms with Crippen LogP contribution in [0.4, 0.5) is 34.4 Å². The van der Waals surface area contributed by atoms with Crippen molar-refractivity contribution >= 4 is 99.1 Å². The molecule has 0 aliphatic carbocycles. The van der Waals surface area contributed by atoms with Gasteiger partial charge in [-0.05, 0) is 97.1 Å². The van der Waals surface area contributed by atoms with Gasteiger partial charge in [-0.3, -0.25) is 43.8 Å². The van der Waals surface area contributed by atoms with Gasteiger partial charge in [0.25, 0.3) is 29.5 Å². The Morgan fingerprint density at radius 1 is 0.486 bits per heavy atom. The molecule has 3 aromatic carbocycles. The summed E-state index contributed by atoms with van der Waals surface area (Å²) >= 11 is 6.14. The number of halogens is 1. The maximum absolute atomic E-state index is 13.3. The lowest BCUT2D eigenvalue weighted by Crippen LogP contribution is -2.43. The topological polar surface area (TPSA) is 405 Å². The number of ether oxygens (including phenoxy) is 8. The van der Waals surface area contributed by atoms with Gasteiger partial charge < -0.3 is 109 Å². The number of fused-ring (bicyclic) bond motifs is 1. The predicted octanol–water partition coefficient (Wildman–Crippen LogP) is 6.05. The Hall–Kier alpha value is -10.4. The summed E-state index contributed by atoms with van der Waals surface area (Å²) in [7, 11) is 6.44. The quantitative estimate of drug-likeness (QED) is 0.0118. The van der Waals surface area contributed by atoms with E-state index in [0.29, 0.717) is 134 Å². The monoisotopic (exact) mass is 1500 g/mol. The summed E-state index contributed by atoms with van der Waals surface area (Å²) in [5.41, 5.74) is 11.8. The SMILES string of the molecule is CC(=O)N1c2ccc(-c3ccc(C(=O)NCCOCCOCCOCCOCCOCCOCCOCCOCCNC(=O)c4cc(NC(=O)c5nc(NC(=O)CCNC(=O)c6cc(NC(=O)c7nc(NC(=O)CCCC(=N)N)cn7C)cn6C)cn5C)cn4C)cc3)cc2[C@H](Nc2ccc(Cl)cc2)C[C@@H]1C. The minimum Gasteiger partial charge on any atom is -0.388 e. The highest BCUT2D eigenvalue weighted by Crippen LogP contribution is 2.41. The van der Waals surface area contributed by atoms with Crippen LogP contribution in [0.15, 0.2) is 104 Å². The molecule has 0 saturated heterocycles. The van der Waals surface area contributed by atoms with Crippen LogP contribution in [0.5, 0.6) is 0 Å². The Labute approximate surface area is 625 Å². The Balaban J connectivity index is 0.566. The van der Waals surface area contributed by atoms with Crippen molar-refractivity contribution in [2.45, 2.75) is 58.0 Å². The number of hydrogen-bond acceptors (Lipinski definition) is 20. The first-order valence-corrected chi connectivity index (χ1v) is 35.5. The van der Waals surface area contributed by atoms with E-state index >= 15 is 0 Å². The molecule has 1 aliphatic heterocycles. The van der Waals surface area contributed by atoms with E-state index in [4.69, 9.17) is 60.6 Å². The van der Waals surface area contributed by atoms with E-state index in [0.717, 1.165) is 34.5 Å². The Morgan fingerprint density at radius 3 is 1.37 bits per heavy atom. The number of aromatic nitrogens is 6. The summed E-state index contributed by atoms with van der Waals surface area (Å²) in [6.45, 7) is 10.2. The van der Waals surface area contributed by atoms with Gasteiger partial charge in [0.15, 0.2) is 11.6 Å². The highest BCUT2D eigenvalue weighted by Gasteiger charge is 2.33. The molecule has 1 aliphatic rings. The summed E-state index contributed by atoms with van der Waals surface area (Å²) in [4.78, 5) is 113. The van der Waals surface area contributed by atoms with Crippen molar-refractivity contribution in [1.29, 1.82) is 5.41 Å². The number of imidazole rings is 2. The number of amides is 8. The number of amidine groups is 1. The van der Waals surface area contributed by atoms with Crippen LogP contribution in [-0.4, -0.2) is 213 Å². The minimum atomic E-state index is -0.597. The van der Waals surface area contributed by atoms with Crippen LogP contribution in [0.3, 0.4) is 0 Å². The lowest BCUT2D eigenvalue weighted by atomic mass is 9.88. The first kappa shape index (κ1) is 82.3. The molecule has 33 nitrogen and oxygen atoms in total. The smallest absolute Gasteiger partial charge is 0.291 e. The number of anilines is 6. The lowest BCUT2D eigenvalue weighted by molar-refractivity contribution is -0.117. The second-order valence-corrected chi connectivity index (χ2v) is 25.3. The Kier molecular flexibility index (Phi) is 32.8. The van der Waals surface area contributed by atoms with Gasteiger partial charge >= 0.3 is 0 Å². The molecule has 107 heavy (non-hydrogen) atoms. The van der Waals surface area contributed by atoms with Crippen molar-refractivity contribution in [3.05, 3.63) is 143 Å². The van der Waals surface area contributed by atoms with Crippen LogP contribution in [0.2, 0.25) is 5.02 Å². The zero-order chi connectivity index (χ0) is 76.6. The molecule has 2 atom stereocenters. The van der Waals surface area contributed by atoms with Crippen molar-refractivity contribution < 1.29 is 76.3 Å². The first-order chi connectivity index (χ1) is 51.6. The van der Waals surface area contributed by atoms with Crippen LogP contribution in [-0.2, 0) is 80.5 Å². The van der Waals surface area contributed by atoms with E-state index in [-0.39, 0.29) is 115 Å². The minimum absolute atomic E-state index is 0.00131. The zero-order valence-corrected chi connectivity index (χ0v) is 61.8. The van der Waals surface area contributed by atoms with E-state index in [9.17, 15) is 38.4 Å². The second kappa shape index (κ2) is 42.7. The van der Waals surface area contributed by atoms with Crippen LogP contribution in [0.1, 0.15) is 110 Å². The highest BCUT2D eigenvalue weighted by atomic mass is 35.5. The summed E-state index contributed by atoms with van der Waals surface area (Å²) in [5, 5.41) is 30.6. The molecule has 0 fully saturated rings. The van der Waals surface area contributed by atoms with Crippen molar-refractivity contribution in [3.63, 3.8) is 0 Å². The molecular formula is C73H96ClN17O16. The van der Waals surface area contributed by atoms with Gasteiger partial charge in [0, 0.05) is 127 Å². The molecule has 576 valence electrons. The maximum atomic E-state index is 13.3. The number of nitrogens with zero attached hydrogens (tertiary/aromatic N) is 7. The molecular weight excluding hydrogens is 1410 g/mol. The molecule has 8 rings (SSSR count). The highest BCUT2D eigenvalue weighted by molar-refractivity contribution is 6.30. The molecule has 34 heteroatoms. The molecule has 11 N–H and O–H groups in total. The average molecular weight is 1500 g/mol. The fourth-order valence-corrected chi connectivity index (χ4v) is 11.5. The molecule has 0 spiro atoms. The Morgan fingerprint density at radius 2 is 0.916 bits per heavy atom. The van der Waals surface area contributed by atoms with Crippen molar-refractivity contribution in [3.8, 4) is 11.1 Å². The van der Waals surface area contributed by atoms with Gasteiger partial charge in [-0.1, -0.05) is 29.8 Å². The second-order valence-electron chi connectivity index (χ2n) is 24.9. The average Bonchev–Trinajstić information content (AvgIpc) is 1.63. The van der Waals surface area contributed by atoms with Gasteiger partial charge in [0.2, 0.25) is 29.4 Å². The number of aryl methyl sites for hydroxylation is 4. The molecule has 0 bridgehead atoms. The van der Waals surface area contributed by atoms with E-state index in [1.54, 1.807) is 58.0 Å². The third-order valence-corrected chi connectivity index (χ3v) is 16.8. The predicted molar refractivity (Wildman–Crippen MR) is 401 cm³/mol. The van der Waals surface area contributed by atoms with Gasteiger partial charge in [0.05, 0.1) is 129 Å². The number of nitrogens with one attached hydrogen (secondary N) is 9. The maximum Gasteiger partial charge on any atom is 0.291 e. The molecule has 5 heterocycles. The summed E-state index contributed by atoms with van der Waals surface area (Å²) in [6, 6.07) is 24.1. The van der Waals surface area contributed by atoms with E-state index in [1.165, 1.54) is 44.4 Å². The number of benzene rings is 3. The number of carbonyl (C=O) groups is 8. The van der Waals surface area contributed by atoms with Crippen molar-refractivity contribution in [2.24, 2.45) is 33.9 Å². The fraction of sp³-hybridized carbons (Fsp3) is 0.438. The van der Waals surface area contributed by atoms with Gasteiger partial charge in [-0.15, -0.1) is 0 Å².